The number of nitrogens with zero attached hydrogens (tertiary/aromatic N) is 1. The van der Waals surface area contributed by atoms with E-state index in [1.165, 1.54) is 31.4 Å². The Morgan fingerprint density at radius 3 is 2.35 bits per heavy atom. The van der Waals surface area contributed by atoms with Crippen LogP contribution in [-0.4, -0.2) is 35.5 Å². The Hall–Kier alpha value is -3.47. The number of hydrogen-bond acceptors (Lipinski definition) is 6. The van der Waals surface area contributed by atoms with E-state index in [9.17, 15) is 32.3 Å². The lowest BCUT2D eigenvalue weighted by molar-refractivity contribution is -0.187. The fourth-order valence-electron chi connectivity index (χ4n) is 3.47. The summed E-state index contributed by atoms with van der Waals surface area (Å²) in [6.07, 6.45) is -6.22. The summed E-state index contributed by atoms with van der Waals surface area (Å²) in [5.41, 5.74) is -2.13. The number of esters is 1. The van der Waals surface area contributed by atoms with Crippen molar-refractivity contribution in [1.29, 1.82) is 0 Å². The summed E-state index contributed by atoms with van der Waals surface area (Å²) in [7, 11) is 1.21. The lowest BCUT2D eigenvalue weighted by Gasteiger charge is -2.31. The van der Waals surface area contributed by atoms with Crippen LogP contribution in [0.3, 0.4) is 0 Å². The topological polar surface area (TPSA) is 94.4 Å². The molecule has 182 valence electrons. The van der Waals surface area contributed by atoms with Crippen LogP contribution in [0.5, 0.6) is 0 Å². The van der Waals surface area contributed by atoms with Gasteiger partial charge in [0.15, 0.2) is 0 Å². The van der Waals surface area contributed by atoms with Gasteiger partial charge >= 0.3 is 18.1 Å². The molecule has 2 aromatic carbocycles. The molecule has 0 fully saturated rings. The van der Waals surface area contributed by atoms with Crippen LogP contribution in [0.1, 0.15) is 42.1 Å². The number of aliphatic carboxylic acids is 1. The third-order valence-electron chi connectivity index (χ3n) is 5.31. The minimum atomic E-state index is -4.58. The number of ether oxygens (including phenoxy) is 2. The Morgan fingerprint density at radius 2 is 1.79 bits per heavy atom. The van der Waals surface area contributed by atoms with Crippen LogP contribution in [0.4, 0.5) is 17.6 Å². The van der Waals surface area contributed by atoms with E-state index in [0.717, 1.165) is 24.3 Å². The Bertz CT molecular complexity index is 1050. The van der Waals surface area contributed by atoms with Gasteiger partial charge in [-0.2, -0.15) is 13.2 Å². The van der Waals surface area contributed by atoms with E-state index >= 15 is 0 Å². The number of oxime groups is 1. The van der Waals surface area contributed by atoms with Gasteiger partial charge in [-0.05, 0) is 41.8 Å². The third-order valence-corrected chi connectivity index (χ3v) is 5.31. The zero-order valence-electron chi connectivity index (χ0n) is 18.0. The van der Waals surface area contributed by atoms with Gasteiger partial charge in [0.25, 0.3) is 5.60 Å². The van der Waals surface area contributed by atoms with Gasteiger partial charge in [-0.15, -0.1) is 0 Å². The van der Waals surface area contributed by atoms with Crippen molar-refractivity contribution in [3.8, 4) is 0 Å². The molecule has 1 N–H and O–H groups in total. The van der Waals surface area contributed by atoms with Gasteiger partial charge in [0, 0.05) is 6.42 Å². The molecule has 3 rings (SSSR count). The summed E-state index contributed by atoms with van der Waals surface area (Å²) in [4.78, 5) is 29.1. The minimum Gasteiger partial charge on any atom is -0.478 e. The van der Waals surface area contributed by atoms with Crippen molar-refractivity contribution in [3.63, 3.8) is 0 Å². The molecule has 0 amide bonds. The predicted octanol–water partition coefficient (Wildman–Crippen LogP) is 4.66. The Balaban J connectivity index is 1.91. The minimum absolute atomic E-state index is 0.0597. The molecule has 0 bridgehead atoms. The van der Waals surface area contributed by atoms with Crippen molar-refractivity contribution in [2.24, 2.45) is 5.16 Å². The molecule has 7 nitrogen and oxygen atoms in total. The molecule has 0 aromatic heterocycles. The van der Waals surface area contributed by atoms with Crippen molar-refractivity contribution in [3.05, 3.63) is 71.0 Å². The van der Waals surface area contributed by atoms with Gasteiger partial charge in [0.1, 0.15) is 11.9 Å². The van der Waals surface area contributed by atoms with Crippen LogP contribution >= 0.6 is 0 Å². The van der Waals surface area contributed by atoms with E-state index < -0.39 is 41.2 Å². The molecule has 0 radical (unpaired) electrons. The second kappa shape index (κ2) is 10.2. The molecule has 2 unspecified atom stereocenters. The van der Waals surface area contributed by atoms with Crippen molar-refractivity contribution in [1.82, 2.24) is 0 Å². The van der Waals surface area contributed by atoms with E-state index in [2.05, 4.69) is 9.89 Å². The summed E-state index contributed by atoms with van der Waals surface area (Å²) in [6.45, 7) is -0.179. The molecule has 1 aliphatic heterocycles. The average molecular weight is 483 g/mol. The zero-order chi connectivity index (χ0) is 24.9. The van der Waals surface area contributed by atoms with E-state index in [0.29, 0.717) is 5.56 Å². The predicted molar refractivity (Wildman–Crippen MR) is 110 cm³/mol. The highest BCUT2D eigenvalue weighted by Gasteiger charge is 2.55. The third kappa shape index (κ3) is 5.71. The number of carbonyl (C=O) groups is 2. The molecular formula is C23H21F4NO6. The van der Waals surface area contributed by atoms with Crippen molar-refractivity contribution in [2.45, 2.75) is 43.8 Å². The van der Waals surface area contributed by atoms with Gasteiger partial charge in [-0.3, -0.25) is 4.79 Å². The number of carboxylic acids is 1. The summed E-state index contributed by atoms with van der Waals surface area (Å²) >= 11 is 0. The highest BCUT2D eigenvalue weighted by molar-refractivity contribution is 5.95. The molecule has 2 aromatic rings. The van der Waals surface area contributed by atoms with Crippen molar-refractivity contribution < 1.29 is 46.6 Å². The highest BCUT2D eigenvalue weighted by Crippen LogP contribution is 2.42. The first-order valence-corrected chi connectivity index (χ1v) is 10.1. The SMILES string of the molecule is COC(=O)CCC1=NOC(C(=O)O)(C(OCc2ccc(F)cc2)c2ccc(C(F)(F)F)cc2)C1. The second-order valence-electron chi connectivity index (χ2n) is 7.63. The molecule has 2 atom stereocenters. The van der Waals surface area contributed by atoms with E-state index in [4.69, 9.17) is 9.57 Å². The first-order chi connectivity index (χ1) is 16.0. The maximum Gasteiger partial charge on any atom is 0.416 e. The van der Waals surface area contributed by atoms with Crippen LogP contribution in [0.25, 0.3) is 0 Å². The number of benzene rings is 2. The second-order valence-corrected chi connectivity index (χ2v) is 7.63. The number of carboxylic acid groups (broad SMARTS) is 1. The molecule has 11 heteroatoms. The van der Waals surface area contributed by atoms with Crippen LogP contribution < -0.4 is 0 Å². The quantitative estimate of drug-likeness (QED) is 0.412. The number of carbonyl (C=O) groups excluding carboxylic acids is 1. The summed E-state index contributed by atoms with van der Waals surface area (Å²) in [6, 6.07) is 9.09. The largest absolute Gasteiger partial charge is 0.478 e. The lowest BCUT2D eigenvalue weighted by atomic mass is 9.85. The van der Waals surface area contributed by atoms with E-state index in [1.807, 2.05) is 0 Å². The number of methoxy groups -OCH3 is 1. The van der Waals surface area contributed by atoms with Crippen LogP contribution in [0.2, 0.25) is 0 Å². The number of alkyl halides is 3. The Labute approximate surface area is 191 Å². The number of halogens is 4. The molecular weight excluding hydrogens is 462 g/mol. The van der Waals surface area contributed by atoms with Gasteiger partial charge < -0.3 is 19.4 Å². The van der Waals surface area contributed by atoms with Gasteiger partial charge in [0.05, 0.1) is 31.4 Å². The van der Waals surface area contributed by atoms with Gasteiger partial charge in [0.2, 0.25) is 0 Å². The van der Waals surface area contributed by atoms with E-state index in [-0.39, 0.29) is 37.1 Å². The summed E-state index contributed by atoms with van der Waals surface area (Å²) < 4.78 is 62.7. The van der Waals surface area contributed by atoms with E-state index in [1.54, 1.807) is 0 Å². The Kier molecular flexibility index (Phi) is 7.55. The van der Waals surface area contributed by atoms with Crippen LogP contribution in [0.15, 0.2) is 53.7 Å². The number of rotatable bonds is 9. The lowest BCUT2D eigenvalue weighted by Crippen LogP contribution is -2.46. The molecule has 0 saturated heterocycles. The van der Waals surface area contributed by atoms with Crippen molar-refractivity contribution >= 4 is 17.7 Å². The fourth-order valence-corrected chi connectivity index (χ4v) is 3.47. The average Bonchev–Trinajstić information content (AvgIpc) is 3.24. The smallest absolute Gasteiger partial charge is 0.416 e. The first kappa shape index (κ1) is 25.2. The standard InChI is InChI=1S/C23H21F4NO6/c1-32-19(29)11-10-18-12-22(21(30)31,34-28-18)20(33-13-14-2-8-17(24)9-3-14)15-4-6-16(7-5-15)23(25,26)27/h2-9,20H,10-13H2,1H3,(H,30,31). The zero-order valence-corrected chi connectivity index (χ0v) is 18.0. The maximum atomic E-state index is 13.2. The first-order valence-electron chi connectivity index (χ1n) is 10.1. The summed E-state index contributed by atoms with van der Waals surface area (Å²) in [5, 5.41) is 13.9. The molecule has 0 saturated carbocycles. The number of hydrogen-bond donors (Lipinski definition) is 1. The molecule has 1 heterocycles. The van der Waals surface area contributed by atoms with Gasteiger partial charge in [-0.1, -0.05) is 29.4 Å². The fraction of sp³-hybridized carbons (Fsp3) is 0.348. The normalized spacial score (nSPS) is 18.7. The molecule has 0 aliphatic carbocycles. The maximum absolute atomic E-state index is 13.2. The van der Waals surface area contributed by atoms with Gasteiger partial charge in [-0.25, -0.2) is 9.18 Å². The monoisotopic (exact) mass is 483 g/mol. The van der Waals surface area contributed by atoms with Crippen molar-refractivity contribution in [2.75, 3.05) is 7.11 Å². The Morgan fingerprint density at radius 1 is 1.15 bits per heavy atom. The highest BCUT2D eigenvalue weighted by atomic mass is 19.4. The van der Waals surface area contributed by atoms with Crippen LogP contribution in [0, 0.1) is 5.82 Å². The molecule has 1 aliphatic rings. The molecule has 34 heavy (non-hydrogen) atoms. The van der Waals surface area contributed by atoms with Crippen LogP contribution in [-0.2, 0) is 36.7 Å². The summed E-state index contributed by atoms with van der Waals surface area (Å²) in [5.74, 6) is -2.46. The molecule has 0 spiro atoms.